The number of carbonyl (C=O) groups is 6. The summed E-state index contributed by atoms with van der Waals surface area (Å²) in [5.74, 6) is -6.34. The van der Waals surface area contributed by atoms with Crippen LogP contribution in [0.15, 0.2) is 29.3 Å². The number of amides is 5. The van der Waals surface area contributed by atoms with E-state index in [-0.39, 0.29) is 29.0 Å². The zero-order valence-electron chi connectivity index (χ0n) is 32.8. The minimum absolute atomic E-state index is 0.0789. The third-order valence-corrected chi connectivity index (χ3v) is 11.4. The number of likely N-dealkylation sites (tertiary alicyclic amines) is 1. The van der Waals surface area contributed by atoms with Crippen LogP contribution in [0.5, 0.6) is 0 Å². The average molecular weight is 864 g/mol. The minimum atomic E-state index is -5.32. The summed E-state index contributed by atoms with van der Waals surface area (Å²) in [5.41, 5.74) is 7.65. The second-order valence-electron chi connectivity index (χ2n) is 16.0. The van der Waals surface area contributed by atoms with Crippen molar-refractivity contribution in [2.45, 2.75) is 121 Å². The molecule has 23 heteroatoms. The summed E-state index contributed by atoms with van der Waals surface area (Å²) in [6, 6.07) is -4.14. The van der Waals surface area contributed by atoms with E-state index < -0.39 is 128 Å². The first kappa shape index (κ1) is 47.5. The van der Waals surface area contributed by atoms with Crippen LogP contribution in [0.2, 0.25) is 5.02 Å². The summed E-state index contributed by atoms with van der Waals surface area (Å²) < 4.78 is 70.8. The van der Waals surface area contributed by atoms with Crippen LogP contribution in [-0.4, -0.2) is 110 Å². The third-order valence-electron chi connectivity index (χ3n) is 9.24. The molecular formula is C35H49ClF3N9O9S. The van der Waals surface area contributed by atoms with E-state index in [0.717, 1.165) is 0 Å². The molecule has 58 heavy (non-hydrogen) atoms. The lowest BCUT2D eigenvalue weighted by Gasteiger charge is -2.36. The molecule has 0 unspecified atom stereocenters. The summed E-state index contributed by atoms with van der Waals surface area (Å²) in [6.07, 6.45) is -4.59. The normalized spacial score (nSPS) is 16.7. The van der Waals surface area contributed by atoms with Crippen molar-refractivity contribution in [1.82, 2.24) is 34.8 Å². The molecule has 0 saturated carbocycles. The summed E-state index contributed by atoms with van der Waals surface area (Å²) in [6.45, 7) is 9.32. The van der Waals surface area contributed by atoms with E-state index in [4.69, 9.17) is 23.1 Å². The molecule has 7 N–H and O–H groups in total. The molecule has 1 saturated heterocycles. The molecule has 2 heterocycles. The zero-order chi connectivity index (χ0) is 44.1. The molecule has 322 valence electrons. The fourth-order valence-electron chi connectivity index (χ4n) is 6.20. The number of rotatable bonds is 17. The molecule has 1 aliphatic rings. The fourth-order valence-corrected chi connectivity index (χ4v) is 8.02. The second-order valence-corrected chi connectivity index (χ2v) is 18.3. The van der Waals surface area contributed by atoms with Gasteiger partial charge in [-0.25, -0.2) is 13.1 Å². The van der Waals surface area contributed by atoms with Gasteiger partial charge in [0.2, 0.25) is 39.6 Å². The molecule has 1 aromatic heterocycles. The Bertz CT molecular complexity index is 2000. The second kappa shape index (κ2) is 18.4. The molecule has 2 aromatic rings. The van der Waals surface area contributed by atoms with Crippen molar-refractivity contribution in [3.63, 3.8) is 0 Å². The summed E-state index contributed by atoms with van der Waals surface area (Å²) in [5, 5.41) is 22.4. The predicted molar refractivity (Wildman–Crippen MR) is 201 cm³/mol. The molecule has 18 nitrogen and oxygen atoms in total. The number of carboxylic acid groups (broad SMARTS) is 1. The van der Waals surface area contributed by atoms with Gasteiger partial charge in [0.25, 0.3) is 0 Å². The SMILES string of the molecule is CC(C)(C)[C@H](NC(=O)[C@H](Cc1cn(C(C)(C)C)nn1)NC(=O)CN([C@@H](CCC(N)=O)C(=O)O)S(=O)(=O)c1ccc(Cl)c(C(F)(F)F)c1)C(=O)N1CCC[C@H]1CC(N)=O. The van der Waals surface area contributed by atoms with Crippen molar-refractivity contribution in [2.75, 3.05) is 13.1 Å². The molecule has 0 bridgehead atoms. The van der Waals surface area contributed by atoms with Crippen molar-refractivity contribution in [2.24, 2.45) is 16.9 Å². The van der Waals surface area contributed by atoms with E-state index in [1.165, 1.54) is 15.8 Å². The number of sulfonamides is 1. The summed E-state index contributed by atoms with van der Waals surface area (Å²) in [7, 11) is -5.32. The van der Waals surface area contributed by atoms with Crippen molar-refractivity contribution in [3.05, 3.63) is 40.7 Å². The Kier molecular flexibility index (Phi) is 15.1. The molecular weight excluding hydrogens is 815 g/mol. The van der Waals surface area contributed by atoms with Gasteiger partial charge in [-0.05, 0) is 63.6 Å². The highest BCUT2D eigenvalue weighted by atomic mass is 35.5. The van der Waals surface area contributed by atoms with E-state index in [9.17, 15) is 55.5 Å². The van der Waals surface area contributed by atoms with Crippen LogP contribution in [0, 0.1) is 5.41 Å². The Balaban J connectivity index is 2.08. The standard InChI is InChI=1S/C35H49ClF3N9O9S/c1-33(2,3)29(31(53)46-13-7-8-20(46)15-27(41)50)43-30(52)24(14-19-17-48(45-44-19)34(4,5)6)42-28(51)18-47(25(32(54)55)11-12-26(40)49)58(56,57)21-9-10-23(36)22(16-21)35(37,38)39/h9-10,16-17,20,24-25,29H,7-8,11-15,18H2,1-6H3,(H2,40,49)(H2,41,50)(H,42,51)(H,43,52)(H,54,55)/t20-,24-,25-,29+/m0/s1. The van der Waals surface area contributed by atoms with Gasteiger partial charge in [0.15, 0.2) is 0 Å². The van der Waals surface area contributed by atoms with Crippen LogP contribution < -0.4 is 22.1 Å². The van der Waals surface area contributed by atoms with Crippen LogP contribution in [0.4, 0.5) is 13.2 Å². The number of hydrogen-bond acceptors (Lipinski definition) is 10. The number of halogens is 4. The first-order valence-electron chi connectivity index (χ1n) is 18.0. The number of alkyl halides is 3. The summed E-state index contributed by atoms with van der Waals surface area (Å²) in [4.78, 5) is 78.3. The van der Waals surface area contributed by atoms with E-state index in [2.05, 4.69) is 20.9 Å². The molecule has 1 aromatic carbocycles. The molecule has 1 aliphatic heterocycles. The molecule has 0 radical (unpaired) electrons. The Labute approximate surface area is 338 Å². The number of hydrogen-bond donors (Lipinski definition) is 5. The maximum Gasteiger partial charge on any atom is 0.417 e. The van der Waals surface area contributed by atoms with Crippen LogP contribution in [0.25, 0.3) is 0 Å². The number of primary amides is 2. The van der Waals surface area contributed by atoms with E-state index in [1.807, 2.05) is 20.8 Å². The van der Waals surface area contributed by atoms with Crippen molar-refractivity contribution >= 4 is 57.1 Å². The number of nitrogens with one attached hydrogen (secondary N) is 2. The van der Waals surface area contributed by atoms with Gasteiger partial charge in [-0.3, -0.25) is 28.8 Å². The van der Waals surface area contributed by atoms with Crippen molar-refractivity contribution in [3.8, 4) is 0 Å². The number of carboxylic acids is 1. The van der Waals surface area contributed by atoms with Crippen LogP contribution in [0.1, 0.15) is 84.9 Å². The smallest absolute Gasteiger partial charge is 0.417 e. The molecule has 4 atom stereocenters. The highest BCUT2D eigenvalue weighted by Gasteiger charge is 2.43. The first-order valence-corrected chi connectivity index (χ1v) is 19.9. The highest BCUT2D eigenvalue weighted by Crippen LogP contribution is 2.37. The number of nitrogens with zero attached hydrogens (tertiary/aromatic N) is 5. The molecule has 5 amide bonds. The molecule has 1 fully saturated rings. The highest BCUT2D eigenvalue weighted by molar-refractivity contribution is 7.89. The Morgan fingerprint density at radius 3 is 2.19 bits per heavy atom. The van der Waals surface area contributed by atoms with Gasteiger partial charge in [0.05, 0.1) is 33.3 Å². The predicted octanol–water partition coefficient (Wildman–Crippen LogP) is 1.54. The topological polar surface area (TPSA) is 270 Å². The monoisotopic (exact) mass is 863 g/mol. The minimum Gasteiger partial charge on any atom is -0.480 e. The van der Waals surface area contributed by atoms with Gasteiger partial charge in [-0.1, -0.05) is 37.6 Å². The van der Waals surface area contributed by atoms with Crippen molar-refractivity contribution in [1.29, 1.82) is 0 Å². The fraction of sp³-hybridized carbons (Fsp3) is 0.600. The van der Waals surface area contributed by atoms with Gasteiger partial charge in [0, 0.05) is 38.0 Å². The lowest BCUT2D eigenvalue weighted by molar-refractivity contribution is -0.142. The summed E-state index contributed by atoms with van der Waals surface area (Å²) >= 11 is 5.69. The lowest BCUT2D eigenvalue weighted by Crippen LogP contribution is -2.60. The van der Waals surface area contributed by atoms with E-state index in [0.29, 0.717) is 25.0 Å². The van der Waals surface area contributed by atoms with Gasteiger partial charge in [0.1, 0.15) is 18.1 Å². The van der Waals surface area contributed by atoms with Gasteiger partial charge in [-0.2, -0.15) is 17.5 Å². The van der Waals surface area contributed by atoms with Crippen LogP contribution >= 0.6 is 11.6 Å². The van der Waals surface area contributed by atoms with Crippen molar-refractivity contribution < 1.29 is 55.5 Å². The molecule has 0 spiro atoms. The number of benzene rings is 1. The number of carbonyl (C=O) groups excluding carboxylic acids is 5. The largest absolute Gasteiger partial charge is 0.480 e. The van der Waals surface area contributed by atoms with Gasteiger partial charge in [-0.15, -0.1) is 5.10 Å². The van der Waals surface area contributed by atoms with E-state index >= 15 is 0 Å². The first-order chi connectivity index (χ1) is 26.5. The third kappa shape index (κ3) is 12.3. The van der Waals surface area contributed by atoms with Gasteiger partial charge < -0.3 is 32.1 Å². The maximum atomic E-state index is 14.2. The lowest BCUT2D eigenvalue weighted by atomic mass is 9.85. The Hall–Kier alpha value is -4.83. The number of nitrogens with two attached hydrogens (primary N) is 2. The number of aliphatic carboxylic acids is 1. The molecule has 0 aliphatic carbocycles. The van der Waals surface area contributed by atoms with E-state index in [1.54, 1.807) is 20.8 Å². The van der Waals surface area contributed by atoms with Crippen LogP contribution in [-0.2, 0) is 56.9 Å². The Morgan fingerprint density at radius 2 is 1.67 bits per heavy atom. The van der Waals surface area contributed by atoms with Gasteiger partial charge >= 0.3 is 12.1 Å². The zero-order valence-corrected chi connectivity index (χ0v) is 34.4. The molecule has 3 rings (SSSR count). The average Bonchev–Trinajstić information content (AvgIpc) is 3.74. The van der Waals surface area contributed by atoms with Crippen LogP contribution in [0.3, 0.4) is 0 Å². The maximum absolute atomic E-state index is 14.2. The number of aromatic nitrogens is 3. The quantitative estimate of drug-likeness (QED) is 0.152. The Morgan fingerprint density at radius 1 is 1.03 bits per heavy atom.